The van der Waals surface area contributed by atoms with Gasteiger partial charge in [-0.15, -0.1) is 0 Å². The number of benzene rings is 3. The molecule has 0 aromatic heterocycles. The predicted octanol–water partition coefficient (Wildman–Crippen LogP) is 3.85. The molecular weight excluding hydrogens is 342 g/mol. The van der Waals surface area contributed by atoms with Gasteiger partial charge in [-0.05, 0) is 29.8 Å². The zero-order valence-electron chi connectivity index (χ0n) is 14.6. The Morgan fingerprint density at radius 1 is 0.926 bits per heavy atom. The molecule has 0 spiro atoms. The Hall–Kier alpha value is -3.47. The lowest BCUT2D eigenvalue weighted by molar-refractivity contribution is -0.128. The average Bonchev–Trinajstić information content (AvgIpc) is 3.19. The third-order valence-electron chi connectivity index (χ3n) is 4.24. The third-order valence-corrected chi connectivity index (χ3v) is 4.24. The van der Waals surface area contributed by atoms with Crippen LogP contribution in [0, 0.1) is 0 Å². The molecule has 1 heterocycles. The number of amides is 1. The molecule has 1 aliphatic heterocycles. The molecule has 0 saturated carbocycles. The number of hydrogen-bond acceptors (Lipinski definition) is 4. The number of ether oxygens (including phenoxy) is 3. The number of rotatable bonds is 6. The molecule has 1 atom stereocenters. The van der Waals surface area contributed by atoms with Crippen LogP contribution < -0.4 is 19.5 Å². The molecule has 0 radical (unpaired) electrons. The quantitative estimate of drug-likeness (QED) is 0.724. The second-order valence-corrected chi connectivity index (χ2v) is 6.13. The van der Waals surface area contributed by atoms with Gasteiger partial charge in [0, 0.05) is 12.1 Å². The van der Waals surface area contributed by atoms with Gasteiger partial charge in [0.05, 0.1) is 0 Å². The number of carbonyl (C=O) groups is 1. The molecule has 3 aromatic carbocycles. The van der Waals surface area contributed by atoms with Crippen LogP contribution >= 0.6 is 0 Å². The first kappa shape index (κ1) is 17.0. The average molecular weight is 361 g/mol. The van der Waals surface area contributed by atoms with E-state index in [-0.39, 0.29) is 12.7 Å². The Balaban J connectivity index is 1.48. The van der Waals surface area contributed by atoms with Gasteiger partial charge in [-0.2, -0.15) is 0 Å². The lowest BCUT2D eigenvalue weighted by Gasteiger charge is -2.19. The maximum atomic E-state index is 12.9. The second-order valence-electron chi connectivity index (χ2n) is 6.13. The van der Waals surface area contributed by atoms with Gasteiger partial charge in [0.25, 0.3) is 5.91 Å². The maximum absolute atomic E-state index is 12.9. The molecule has 4 rings (SSSR count). The summed E-state index contributed by atoms with van der Waals surface area (Å²) in [5, 5.41) is 2.95. The highest BCUT2D eigenvalue weighted by atomic mass is 16.7. The van der Waals surface area contributed by atoms with Crippen molar-refractivity contribution in [2.45, 2.75) is 12.6 Å². The lowest BCUT2D eigenvalue weighted by Crippen LogP contribution is -2.32. The maximum Gasteiger partial charge on any atom is 0.266 e. The number of carbonyl (C=O) groups excluding carboxylic acids is 1. The van der Waals surface area contributed by atoms with E-state index in [0.717, 1.165) is 16.9 Å². The van der Waals surface area contributed by atoms with Crippen LogP contribution in [0.25, 0.3) is 0 Å². The molecule has 136 valence electrons. The fourth-order valence-electron chi connectivity index (χ4n) is 2.87. The normalized spacial score (nSPS) is 13.0. The van der Waals surface area contributed by atoms with E-state index in [0.29, 0.717) is 18.0 Å². The standard InChI is InChI=1S/C22H19NO4/c24-22(23-14-16-11-12-19-20(13-16)26-15-25-19)21(17-7-3-1-4-8-17)27-18-9-5-2-6-10-18/h1-13,21H,14-15H2,(H,23,24)/t21-/m1/s1. The Morgan fingerprint density at radius 2 is 1.63 bits per heavy atom. The molecule has 1 N–H and O–H groups in total. The summed E-state index contributed by atoms with van der Waals surface area (Å²) in [4.78, 5) is 12.9. The minimum atomic E-state index is -0.734. The van der Waals surface area contributed by atoms with Gasteiger partial charge in [0.15, 0.2) is 11.5 Å². The molecule has 0 unspecified atom stereocenters. The molecule has 0 fully saturated rings. The zero-order chi connectivity index (χ0) is 18.5. The first-order valence-electron chi connectivity index (χ1n) is 8.72. The predicted molar refractivity (Wildman–Crippen MR) is 101 cm³/mol. The Bertz CT molecular complexity index is 912. The first-order chi connectivity index (χ1) is 13.3. The molecule has 1 amide bonds. The topological polar surface area (TPSA) is 56.8 Å². The van der Waals surface area contributed by atoms with Crippen molar-refractivity contribution >= 4 is 5.91 Å². The van der Waals surface area contributed by atoms with E-state index >= 15 is 0 Å². The fourth-order valence-corrected chi connectivity index (χ4v) is 2.87. The third kappa shape index (κ3) is 4.03. The van der Waals surface area contributed by atoms with E-state index in [1.807, 2.05) is 78.9 Å². The van der Waals surface area contributed by atoms with E-state index in [2.05, 4.69) is 5.32 Å². The van der Waals surface area contributed by atoms with Gasteiger partial charge in [0.1, 0.15) is 5.75 Å². The summed E-state index contributed by atoms with van der Waals surface area (Å²) in [5.74, 6) is 1.86. The van der Waals surface area contributed by atoms with Crippen LogP contribution in [-0.2, 0) is 11.3 Å². The Morgan fingerprint density at radius 3 is 2.41 bits per heavy atom. The number of para-hydroxylation sites is 1. The lowest BCUT2D eigenvalue weighted by atomic mass is 10.1. The van der Waals surface area contributed by atoms with Crippen molar-refractivity contribution in [1.29, 1.82) is 0 Å². The smallest absolute Gasteiger partial charge is 0.266 e. The first-order valence-corrected chi connectivity index (χ1v) is 8.72. The van der Waals surface area contributed by atoms with Crippen molar-refractivity contribution in [2.24, 2.45) is 0 Å². The van der Waals surface area contributed by atoms with Crippen LogP contribution in [0.1, 0.15) is 17.2 Å². The Labute approximate surface area is 157 Å². The van der Waals surface area contributed by atoms with E-state index in [9.17, 15) is 4.79 Å². The van der Waals surface area contributed by atoms with Gasteiger partial charge < -0.3 is 19.5 Å². The second kappa shape index (κ2) is 7.83. The van der Waals surface area contributed by atoms with Crippen molar-refractivity contribution in [3.63, 3.8) is 0 Å². The molecule has 0 bridgehead atoms. The molecule has 1 aliphatic rings. The molecule has 27 heavy (non-hydrogen) atoms. The largest absolute Gasteiger partial charge is 0.476 e. The zero-order valence-corrected chi connectivity index (χ0v) is 14.6. The molecule has 0 saturated heterocycles. The van der Waals surface area contributed by atoms with Gasteiger partial charge in [-0.3, -0.25) is 4.79 Å². The van der Waals surface area contributed by atoms with Crippen molar-refractivity contribution in [2.75, 3.05) is 6.79 Å². The summed E-state index contributed by atoms with van der Waals surface area (Å²) in [6.07, 6.45) is -0.734. The minimum Gasteiger partial charge on any atom is -0.476 e. The summed E-state index contributed by atoms with van der Waals surface area (Å²) in [6.45, 7) is 0.600. The molecular formula is C22H19NO4. The molecule has 3 aromatic rings. The van der Waals surface area contributed by atoms with Gasteiger partial charge in [-0.25, -0.2) is 0 Å². The monoisotopic (exact) mass is 361 g/mol. The van der Waals surface area contributed by atoms with Crippen LogP contribution in [0.15, 0.2) is 78.9 Å². The van der Waals surface area contributed by atoms with Gasteiger partial charge in [-0.1, -0.05) is 54.6 Å². The van der Waals surface area contributed by atoms with Crippen LogP contribution in [0.2, 0.25) is 0 Å². The Kier molecular flexibility index (Phi) is 4.92. The van der Waals surface area contributed by atoms with E-state index in [4.69, 9.17) is 14.2 Å². The van der Waals surface area contributed by atoms with Crippen molar-refractivity contribution in [1.82, 2.24) is 5.32 Å². The minimum absolute atomic E-state index is 0.206. The molecule has 5 heteroatoms. The summed E-state index contributed by atoms with van der Waals surface area (Å²) in [5.41, 5.74) is 1.73. The van der Waals surface area contributed by atoms with Crippen molar-refractivity contribution in [3.8, 4) is 17.2 Å². The summed E-state index contributed by atoms with van der Waals surface area (Å²) in [6, 6.07) is 24.4. The fraction of sp³-hybridized carbons (Fsp3) is 0.136. The SMILES string of the molecule is O=C(NCc1ccc2c(c1)OCO2)[C@H](Oc1ccccc1)c1ccccc1. The summed E-state index contributed by atoms with van der Waals surface area (Å²) in [7, 11) is 0. The molecule has 5 nitrogen and oxygen atoms in total. The van der Waals surface area contributed by atoms with Crippen molar-refractivity contribution < 1.29 is 19.0 Å². The van der Waals surface area contributed by atoms with E-state index in [1.54, 1.807) is 0 Å². The highest BCUT2D eigenvalue weighted by Crippen LogP contribution is 2.32. The number of fused-ring (bicyclic) bond motifs is 1. The van der Waals surface area contributed by atoms with E-state index < -0.39 is 6.10 Å². The number of nitrogens with one attached hydrogen (secondary N) is 1. The highest BCUT2D eigenvalue weighted by Gasteiger charge is 2.22. The van der Waals surface area contributed by atoms with Gasteiger partial charge >= 0.3 is 0 Å². The summed E-state index contributed by atoms with van der Waals surface area (Å²) >= 11 is 0. The highest BCUT2D eigenvalue weighted by molar-refractivity contribution is 5.82. The van der Waals surface area contributed by atoms with E-state index in [1.165, 1.54) is 0 Å². The van der Waals surface area contributed by atoms with Crippen molar-refractivity contribution in [3.05, 3.63) is 90.0 Å². The molecule has 0 aliphatic carbocycles. The van der Waals surface area contributed by atoms with Gasteiger partial charge in [0.2, 0.25) is 12.9 Å². The van der Waals surface area contributed by atoms with Crippen LogP contribution in [0.3, 0.4) is 0 Å². The summed E-state index contributed by atoms with van der Waals surface area (Å²) < 4.78 is 16.7. The van der Waals surface area contributed by atoms with Crippen LogP contribution in [0.5, 0.6) is 17.2 Å². The van der Waals surface area contributed by atoms with Crippen LogP contribution in [-0.4, -0.2) is 12.7 Å². The van der Waals surface area contributed by atoms with Crippen LogP contribution in [0.4, 0.5) is 0 Å². The number of hydrogen-bond donors (Lipinski definition) is 1.